The summed E-state index contributed by atoms with van der Waals surface area (Å²) in [4.78, 5) is 54.0. The number of carbonyl (C=O) groups excluding carboxylic acids is 3. The van der Waals surface area contributed by atoms with Gasteiger partial charge in [0.1, 0.15) is 11.4 Å². The van der Waals surface area contributed by atoms with Crippen molar-refractivity contribution < 1.29 is 19.1 Å². The van der Waals surface area contributed by atoms with E-state index in [1.165, 1.54) is 17.5 Å². The molecule has 0 unspecified atom stereocenters. The van der Waals surface area contributed by atoms with Crippen LogP contribution in [0, 0.1) is 0 Å². The largest absolute Gasteiger partial charge is 0.444 e. The highest BCUT2D eigenvalue weighted by Gasteiger charge is 2.19. The van der Waals surface area contributed by atoms with E-state index in [1.54, 1.807) is 52.4 Å². The Kier molecular flexibility index (Phi) is 9.15. The van der Waals surface area contributed by atoms with Gasteiger partial charge in [0.15, 0.2) is 5.13 Å². The van der Waals surface area contributed by atoms with E-state index in [0.29, 0.717) is 29.6 Å². The van der Waals surface area contributed by atoms with Crippen molar-refractivity contribution in [3.05, 3.63) is 48.5 Å². The van der Waals surface area contributed by atoms with Crippen molar-refractivity contribution in [3.63, 3.8) is 0 Å². The summed E-state index contributed by atoms with van der Waals surface area (Å²) in [5.74, 6) is 0.470. The molecule has 3 aromatic rings. The SMILES string of the molecule is CC(=O)N1CCN(c2ccnc(Nc3ncc(-c4cncc(C(=O)NCCNC(=O)OC(C)(C)C)c4)s3)c2)CC1. The van der Waals surface area contributed by atoms with Gasteiger partial charge in [0.05, 0.1) is 10.4 Å². The van der Waals surface area contributed by atoms with Crippen LogP contribution in [0.3, 0.4) is 0 Å². The first-order chi connectivity index (χ1) is 19.1. The van der Waals surface area contributed by atoms with Gasteiger partial charge in [-0.15, -0.1) is 0 Å². The lowest BCUT2D eigenvalue weighted by Crippen LogP contribution is -2.48. The molecule has 3 amide bonds. The van der Waals surface area contributed by atoms with Crippen molar-refractivity contribution in [2.24, 2.45) is 0 Å². The second kappa shape index (κ2) is 12.7. The second-order valence-electron chi connectivity index (χ2n) is 10.2. The number of nitrogens with zero attached hydrogens (tertiary/aromatic N) is 5. The number of amides is 3. The maximum absolute atomic E-state index is 12.6. The molecule has 0 bridgehead atoms. The van der Waals surface area contributed by atoms with Crippen LogP contribution in [0.1, 0.15) is 38.1 Å². The summed E-state index contributed by atoms with van der Waals surface area (Å²) in [7, 11) is 0. The third-order valence-electron chi connectivity index (χ3n) is 5.94. The molecule has 1 aliphatic rings. The number of hydrogen-bond acceptors (Lipinski definition) is 10. The van der Waals surface area contributed by atoms with Crippen LogP contribution in [-0.4, -0.2) is 82.6 Å². The molecule has 0 aromatic carbocycles. The van der Waals surface area contributed by atoms with Gasteiger partial charge >= 0.3 is 6.09 Å². The molecule has 12 nitrogen and oxygen atoms in total. The lowest BCUT2D eigenvalue weighted by Gasteiger charge is -2.35. The number of anilines is 3. The van der Waals surface area contributed by atoms with E-state index in [0.717, 1.165) is 29.2 Å². The fourth-order valence-corrected chi connectivity index (χ4v) is 4.80. The number of aromatic nitrogens is 3. The minimum Gasteiger partial charge on any atom is -0.444 e. The Morgan fingerprint density at radius 2 is 1.75 bits per heavy atom. The first kappa shape index (κ1) is 28.7. The van der Waals surface area contributed by atoms with E-state index < -0.39 is 11.7 Å². The number of alkyl carbamates (subject to hydrolysis) is 1. The number of thiazole rings is 1. The summed E-state index contributed by atoms with van der Waals surface area (Å²) in [5, 5.41) is 9.29. The molecule has 4 rings (SSSR count). The molecule has 0 spiro atoms. The molecular weight excluding hydrogens is 532 g/mol. The lowest BCUT2D eigenvalue weighted by molar-refractivity contribution is -0.129. The number of rotatable bonds is 8. The zero-order chi connectivity index (χ0) is 28.7. The van der Waals surface area contributed by atoms with Crippen LogP contribution in [-0.2, 0) is 9.53 Å². The molecule has 1 saturated heterocycles. The van der Waals surface area contributed by atoms with E-state index in [1.807, 2.05) is 17.0 Å². The first-order valence-corrected chi connectivity index (χ1v) is 13.8. The normalized spacial score (nSPS) is 13.5. The van der Waals surface area contributed by atoms with Gasteiger partial charge in [-0.05, 0) is 32.9 Å². The van der Waals surface area contributed by atoms with Crippen molar-refractivity contribution in [2.45, 2.75) is 33.3 Å². The summed E-state index contributed by atoms with van der Waals surface area (Å²) in [6.45, 7) is 10.4. The Morgan fingerprint density at radius 3 is 2.48 bits per heavy atom. The monoisotopic (exact) mass is 566 g/mol. The first-order valence-electron chi connectivity index (χ1n) is 13.0. The van der Waals surface area contributed by atoms with Gasteiger partial charge in [-0.3, -0.25) is 14.6 Å². The van der Waals surface area contributed by atoms with Crippen LogP contribution in [0.2, 0.25) is 0 Å². The van der Waals surface area contributed by atoms with E-state index in [9.17, 15) is 14.4 Å². The highest BCUT2D eigenvalue weighted by molar-refractivity contribution is 7.18. The van der Waals surface area contributed by atoms with Crippen LogP contribution in [0.15, 0.2) is 43.0 Å². The van der Waals surface area contributed by atoms with Crippen LogP contribution in [0.25, 0.3) is 10.4 Å². The molecule has 1 fully saturated rings. The molecule has 0 atom stereocenters. The molecule has 4 heterocycles. The predicted octanol–water partition coefficient (Wildman–Crippen LogP) is 3.27. The molecule has 3 aromatic heterocycles. The Morgan fingerprint density at radius 1 is 1.00 bits per heavy atom. The molecule has 1 aliphatic heterocycles. The molecule has 0 radical (unpaired) electrons. The third-order valence-corrected chi connectivity index (χ3v) is 6.90. The molecule has 0 aliphatic carbocycles. The lowest BCUT2D eigenvalue weighted by atomic mass is 10.2. The minimum atomic E-state index is -0.583. The zero-order valence-corrected chi connectivity index (χ0v) is 23.9. The standard InChI is InChI=1S/C27H34N8O4S/c1-18(36)34-9-11-35(12-10-34)21-5-6-29-23(14-21)33-25-32-17-22(40-25)19-13-20(16-28-15-19)24(37)30-7-8-31-26(38)39-27(2,3)4/h5-6,13-17H,7-12H2,1-4H3,(H,30,37)(H,31,38)(H,29,32,33). The van der Waals surface area contributed by atoms with E-state index in [2.05, 4.69) is 35.8 Å². The minimum absolute atomic E-state index is 0.102. The Hall–Kier alpha value is -4.26. The van der Waals surface area contributed by atoms with Crippen molar-refractivity contribution in [1.82, 2.24) is 30.5 Å². The van der Waals surface area contributed by atoms with Crippen LogP contribution >= 0.6 is 11.3 Å². The Labute approximate surface area is 237 Å². The quantitative estimate of drug-likeness (QED) is 0.350. The number of hydrogen-bond donors (Lipinski definition) is 3. The van der Waals surface area contributed by atoms with E-state index >= 15 is 0 Å². The smallest absolute Gasteiger partial charge is 0.407 e. The van der Waals surface area contributed by atoms with Crippen molar-refractivity contribution >= 4 is 45.9 Å². The second-order valence-corrected chi connectivity index (χ2v) is 11.2. The Bertz CT molecular complexity index is 1350. The number of pyridine rings is 2. The van der Waals surface area contributed by atoms with Gasteiger partial charge in [-0.1, -0.05) is 11.3 Å². The van der Waals surface area contributed by atoms with Gasteiger partial charge < -0.3 is 30.5 Å². The third kappa shape index (κ3) is 8.12. The number of piperazine rings is 1. The van der Waals surface area contributed by atoms with Crippen molar-refractivity contribution in [3.8, 4) is 10.4 Å². The molecule has 13 heteroatoms. The Balaban J connectivity index is 1.32. The number of carbonyl (C=O) groups is 3. The van der Waals surface area contributed by atoms with E-state index in [-0.39, 0.29) is 24.9 Å². The predicted molar refractivity (Wildman–Crippen MR) is 154 cm³/mol. The van der Waals surface area contributed by atoms with Gasteiger partial charge in [-0.25, -0.2) is 14.8 Å². The van der Waals surface area contributed by atoms with Gasteiger partial charge in [0, 0.05) is 88.3 Å². The van der Waals surface area contributed by atoms with Gasteiger partial charge in [-0.2, -0.15) is 0 Å². The maximum Gasteiger partial charge on any atom is 0.407 e. The zero-order valence-electron chi connectivity index (χ0n) is 23.1. The highest BCUT2D eigenvalue weighted by Crippen LogP contribution is 2.31. The summed E-state index contributed by atoms with van der Waals surface area (Å²) < 4.78 is 5.18. The average molecular weight is 567 g/mol. The van der Waals surface area contributed by atoms with Gasteiger partial charge in [0.25, 0.3) is 5.91 Å². The summed E-state index contributed by atoms with van der Waals surface area (Å²) in [5.41, 5.74) is 1.61. The summed E-state index contributed by atoms with van der Waals surface area (Å²) >= 11 is 1.42. The van der Waals surface area contributed by atoms with Gasteiger partial charge in [0.2, 0.25) is 5.91 Å². The van der Waals surface area contributed by atoms with E-state index in [4.69, 9.17) is 4.74 Å². The topological polar surface area (TPSA) is 142 Å². The van der Waals surface area contributed by atoms with Crippen LogP contribution in [0.5, 0.6) is 0 Å². The highest BCUT2D eigenvalue weighted by atomic mass is 32.1. The molecular formula is C27H34N8O4S. The fourth-order valence-electron chi connectivity index (χ4n) is 3.99. The van der Waals surface area contributed by atoms with Crippen LogP contribution in [0.4, 0.5) is 21.4 Å². The number of ether oxygens (including phenoxy) is 1. The fraction of sp³-hybridized carbons (Fsp3) is 0.407. The molecule has 3 N–H and O–H groups in total. The summed E-state index contributed by atoms with van der Waals surface area (Å²) in [6, 6.07) is 5.67. The van der Waals surface area contributed by atoms with Crippen molar-refractivity contribution in [2.75, 3.05) is 49.5 Å². The van der Waals surface area contributed by atoms with Crippen molar-refractivity contribution in [1.29, 1.82) is 0 Å². The molecule has 212 valence electrons. The summed E-state index contributed by atoms with van der Waals surface area (Å²) in [6.07, 6.45) is 6.11. The molecule has 40 heavy (non-hydrogen) atoms. The van der Waals surface area contributed by atoms with Crippen LogP contribution < -0.4 is 20.9 Å². The maximum atomic E-state index is 12.6. The molecule has 0 saturated carbocycles. The number of nitrogens with one attached hydrogen (secondary N) is 3. The average Bonchev–Trinajstić information content (AvgIpc) is 3.39.